The molecule has 1 rings (SSSR count). The van der Waals surface area contributed by atoms with Gasteiger partial charge in [-0.3, -0.25) is 4.79 Å². The fourth-order valence-electron chi connectivity index (χ4n) is 1.98. The molecular formula is C10H21N3O. The first kappa shape index (κ1) is 11.5. The average Bonchev–Trinajstić information content (AvgIpc) is 2.51. The summed E-state index contributed by atoms with van der Waals surface area (Å²) in [6.07, 6.45) is 1.68. The molecule has 1 atom stereocenters. The molecule has 1 heterocycles. The molecule has 0 spiro atoms. The van der Waals surface area contributed by atoms with Crippen LogP contribution >= 0.6 is 0 Å². The van der Waals surface area contributed by atoms with Crippen LogP contribution in [0.15, 0.2) is 0 Å². The van der Waals surface area contributed by atoms with Crippen molar-refractivity contribution in [1.29, 1.82) is 0 Å². The van der Waals surface area contributed by atoms with Crippen LogP contribution in [0.25, 0.3) is 0 Å². The van der Waals surface area contributed by atoms with E-state index >= 15 is 0 Å². The first-order valence-electron chi connectivity index (χ1n) is 5.26. The van der Waals surface area contributed by atoms with Crippen molar-refractivity contribution >= 4 is 5.91 Å². The van der Waals surface area contributed by atoms with Gasteiger partial charge in [-0.25, -0.2) is 0 Å². The Balaban J connectivity index is 2.26. The standard InChI is InChI=1S/C10H21N3O/c1-12-6-4-9(7-12)8-13(2)10(14)3-5-11/h9H,3-8,11H2,1-2H3. The lowest BCUT2D eigenvalue weighted by Crippen LogP contribution is -2.33. The molecule has 0 aromatic rings. The second-order valence-corrected chi connectivity index (χ2v) is 4.23. The summed E-state index contributed by atoms with van der Waals surface area (Å²) in [4.78, 5) is 15.6. The molecule has 1 aliphatic rings. The van der Waals surface area contributed by atoms with Crippen LogP contribution in [0.4, 0.5) is 0 Å². The van der Waals surface area contributed by atoms with Gasteiger partial charge in [0, 0.05) is 33.1 Å². The van der Waals surface area contributed by atoms with E-state index in [4.69, 9.17) is 5.73 Å². The van der Waals surface area contributed by atoms with Gasteiger partial charge < -0.3 is 15.5 Å². The molecule has 1 amide bonds. The van der Waals surface area contributed by atoms with Gasteiger partial charge >= 0.3 is 0 Å². The number of carbonyl (C=O) groups excluding carboxylic acids is 1. The number of amides is 1. The zero-order valence-electron chi connectivity index (χ0n) is 9.20. The van der Waals surface area contributed by atoms with E-state index in [0.717, 1.165) is 19.6 Å². The first-order chi connectivity index (χ1) is 6.63. The predicted octanol–water partition coefficient (Wildman–Crippen LogP) is -0.255. The topological polar surface area (TPSA) is 49.6 Å². The molecule has 0 bridgehead atoms. The quantitative estimate of drug-likeness (QED) is 0.679. The Labute approximate surface area is 86.0 Å². The summed E-state index contributed by atoms with van der Waals surface area (Å²) in [5, 5.41) is 0. The Morgan fingerprint density at radius 1 is 1.64 bits per heavy atom. The highest BCUT2D eigenvalue weighted by molar-refractivity contribution is 5.76. The van der Waals surface area contributed by atoms with Crippen molar-refractivity contribution in [2.75, 3.05) is 40.3 Å². The van der Waals surface area contributed by atoms with Crippen LogP contribution in [0.2, 0.25) is 0 Å². The summed E-state index contributed by atoms with van der Waals surface area (Å²) in [5.74, 6) is 0.814. The minimum absolute atomic E-state index is 0.169. The van der Waals surface area contributed by atoms with E-state index in [1.165, 1.54) is 6.42 Å². The number of nitrogens with zero attached hydrogens (tertiary/aromatic N) is 2. The summed E-state index contributed by atoms with van der Waals surface area (Å²) in [7, 11) is 4.00. The number of carbonyl (C=O) groups is 1. The summed E-state index contributed by atoms with van der Waals surface area (Å²) < 4.78 is 0. The summed E-state index contributed by atoms with van der Waals surface area (Å²) in [6, 6.07) is 0. The molecule has 4 heteroatoms. The fraction of sp³-hybridized carbons (Fsp3) is 0.900. The van der Waals surface area contributed by atoms with E-state index in [1.807, 2.05) is 11.9 Å². The highest BCUT2D eigenvalue weighted by Gasteiger charge is 2.22. The predicted molar refractivity (Wildman–Crippen MR) is 56.9 cm³/mol. The smallest absolute Gasteiger partial charge is 0.223 e. The fourth-order valence-corrected chi connectivity index (χ4v) is 1.98. The van der Waals surface area contributed by atoms with Gasteiger partial charge in [0.1, 0.15) is 0 Å². The van der Waals surface area contributed by atoms with Crippen molar-refractivity contribution < 1.29 is 4.79 Å². The van der Waals surface area contributed by atoms with Crippen LogP contribution in [0.5, 0.6) is 0 Å². The molecule has 1 saturated heterocycles. The van der Waals surface area contributed by atoms with Crippen LogP contribution in [0.3, 0.4) is 0 Å². The Hall–Kier alpha value is -0.610. The highest BCUT2D eigenvalue weighted by Crippen LogP contribution is 2.15. The SMILES string of the molecule is CN1CCC(CN(C)C(=O)CCN)C1. The van der Waals surface area contributed by atoms with Crippen molar-refractivity contribution in [2.45, 2.75) is 12.8 Å². The van der Waals surface area contributed by atoms with Gasteiger partial charge in [0.25, 0.3) is 0 Å². The third-order valence-corrected chi connectivity index (χ3v) is 2.80. The molecule has 1 fully saturated rings. The number of likely N-dealkylation sites (tertiary alicyclic amines) is 1. The van der Waals surface area contributed by atoms with Crippen molar-refractivity contribution in [3.63, 3.8) is 0 Å². The van der Waals surface area contributed by atoms with Crippen molar-refractivity contribution in [3.05, 3.63) is 0 Å². The molecule has 2 N–H and O–H groups in total. The summed E-state index contributed by atoms with van der Waals surface area (Å²) in [6.45, 7) is 3.60. The molecular weight excluding hydrogens is 178 g/mol. The van der Waals surface area contributed by atoms with E-state index in [9.17, 15) is 4.79 Å². The average molecular weight is 199 g/mol. The van der Waals surface area contributed by atoms with Gasteiger partial charge in [0.15, 0.2) is 0 Å². The lowest BCUT2D eigenvalue weighted by Gasteiger charge is -2.20. The zero-order valence-corrected chi connectivity index (χ0v) is 9.20. The second kappa shape index (κ2) is 5.32. The van der Waals surface area contributed by atoms with E-state index < -0.39 is 0 Å². The van der Waals surface area contributed by atoms with Crippen LogP contribution in [0.1, 0.15) is 12.8 Å². The van der Waals surface area contributed by atoms with Gasteiger partial charge in [-0.1, -0.05) is 0 Å². The summed E-state index contributed by atoms with van der Waals surface area (Å²) in [5.41, 5.74) is 5.34. The minimum Gasteiger partial charge on any atom is -0.345 e. The van der Waals surface area contributed by atoms with E-state index in [0.29, 0.717) is 18.9 Å². The van der Waals surface area contributed by atoms with E-state index in [-0.39, 0.29) is 5.91 Å². The van der Waals surface area contributed by atoms with Crippen molar-refractivity contribution in [2.24, 2.45) is 11.7 Å². The lowest BCUT2D eigenvalue weighted by molar-refractivity contribution is -0.130. The molecule has 0 aromatic heterocycles. The molecule has 0 aromatic carbocycles. The molecule has 4 nitrogen and oxygen atoms in total. The van der Waals surface area contributed by atoms with Crippen LogP contribution in [-0.4, -0.2) is 56.0 Å². The van der Waals surface area contributed by atoms with E-state index in [2.05, 4.69) is 11.9 Å². The molecule has 0 saturated carbocycles. The van der Waals surface area contributed by atoms with Gasteiger partial charge in [0.2, 0.25) is 5.91 Å². The van der Waals surface area contributed by atoms with Crippen LogP contribution < -0.4 is 5.73 Å². The molecule has 0 radical (unpaired) electrons. The number of nitrogens with two attached hydrogens (primary N) is 1. The molecule has 1 unspecified atom stereocenters. The molecule has 14 heavy (non-hydrogen) atoms. The monoisotopic (exact) mass is 199 g/mol. The zero-order chi connectivity index (χ0) is 10.6. The van der Waals surface area contributed by atoms with Crippen molar-refractivity contribution in [3.8, 4) is 0 Å². The summed E-state index contributed by atoms with van der Waals surface area (Å²) >= 11 is 0. The second-order valence-electron chi connectivity index (χ2n) is 4.23. The Morgan fingerprint density at radius 3 is 2.86 bits per heavy atom. The van der Waals surface area contributed by atoms with E-state index in [1.54, 1.807) is 0 Å². The molecule has 0 aliphatic carbocycles. The molecule has 82 valence electrons. The van der Waals surface area contributed by atoms with Gasteiger partial charge in [-0.2, -0.15) is 0 Å². The van der Waals surface area contributed by atoms with Crippen LogP contribution in [-0.2, 0) is 4.79 Å². The maximum atomic E-state index is 11.4. The largest absolute Gasteiger partial charge is 0.345 e. The Morgan fingerprint density at radius 2 is 2.36 bits per heavy atom. The minimum atomic E-state index is 0.169. The van der Waals surface area contributed by atoms with Gasteiger partial charge in [-0.05, 0) is 25.9 Å². The number of hydrogen-bond donors (Lipinski definition) is 1. The molecule has 1 aliphatic heterocycles. The third-order valence-electron chi connectivity index (χ3n) is 2.80. The normalized spacial score (nSPS) is 22.6. The maximum Gasteiger partial charge on any atom is 0.223 e. The Bertz CT molecular complexity index is 196. The van der Waals surface area contributed by atoms with Gasteiger partial charge in [0.05, 0.1) is 0 Å². The number of rotatable bonds is 4. The first-order valence-corrected chi connectivity index (χ1v) is 5.26. The highest BCUT2D eigenvalue weighted by atomic mass is 16.2. The van der Waals surface area contributed by atoms with Crippen LogP contribution in [0, 0.1) is 5.92 Å². The Kier molecular flexibility index (Phi) is 4.35. The lowest BCUT2D eigenvalue weighted by atomic mass is 10.1. The van der Waals surface area contributed by atoms with Gasteiger partial charge in [-0.15, -0.1) is 0 Å². The third kappa shape index (κ3) is 3.27. The van der Waals surface area contributed by atoms with Crippen molar-refractivity contribution in [1.82, 2.24) is 9.80 Å². The number of hydrogen-bond acceptors (Lipinski definition) is 3. The maximum absolute atomic E-state index is 11.4.